The van der Waals surface area contributed by atoms with Crippen LogP contribution in [-0.4, -0.2) is 9.55 Å². The van der Waals surface area contributed by atoms with Crippen LogP contribution in [0.4, 0.5) is 5.95 Å². The summed E-state index contributed by atoms with van der Waals surface area (Å²) in [5.41, 5.74) is 8.06. The standard InChI is InChI=1S/C12H17N3/c1-4-12(2,3)15-10-8-6-5-7-9(10)14-11(15)13/h5-8H,4H2,1-3H3,(H2,13,14). The number of nitrogens with two attached hydrogens (primary N) is 1. The van der Waals surface area contributed by atoms with Crippen LogP contribution < -0.4 is 5.73 Å². The van der Waals surface area contributed by atoms with E-state index < -0.39 is 0 Å². The van der Waals surface area contributed by atoms with Crippen LogP contribution in [0.5, 0.6) is 0 Å². The second-order valence-electron chi connectivity index (χ2n) is 4.46. The third-order valence-corrected chi connectivity index (χ3v) is 3.06. The quantitative estimate of drug-likeness (QED) is 0.815. The third-order valence-electron chi connectivity index (χ3n) is 3.06. The minimum absolute atomic E-state index is 0.0141. The number of para-hydroxylation sites is 2. The highest BCUT2D eigenvalue weighted by Crippen LogP contribution is 2.28. The Bertz CT molecular complexity index is 483. The monoisotopic (exact) mass is 203 g/mol. The van der Waals surface area contributed by atoms with Crippen molar-refractivity contribution >= 4 is 17.0 Å². The molecule has 80 valence electrons. The lowest BCUT2D eigenvalue weighted by Gasteiger charge is -2.26. The molecule has 1 aromatic heterocycles. The Kier molecular flexibility index (Phi) is 2.18. The molecule has 0 aliphatic heterocycles. The summed E-state index contributed by atoms with van der Waals surface area (Å²) >= 11 is 0. The van der Waals surface area contributed by atoms with Gasteiger partial charge in [-0.15, -0.1) is 0 Å². The molecular formula is C12H17N3. The van der Waals surface area contributed by atoms with Gasteiger partial charge in [-0.25, -0.2) is 4.98 Å². The van der Waals surface area contributed by atoms with Crippen molar-refractivity contribution < 1.29 is 0 Å². The van der Waals surface area contributed by atoms with Gasteiger partial charge in [0.25, 0.3) is 0 Å². The van der Waals surface area contributed by atoms with Crippen molar-refractivity contribution in [2.75, 3.05) is 5.73 Å². The first-order chi connectivity index (χ1) is 7.06. The first-order valence-corrected chi connectivity index (χ1v) is 5.29. The van der Waals surface area contributed by atoms with Gasteiger partial charge < -0.3 is 10.3 Å². The Morgan fingerprint density at radius 2 is 2.00 bits per heavy atom. The fourth-order valence-corrected chi connectivity index (χ4v) is 1.84. The van der Waals surface area contributed by atoms with Crippen LogP contribution in [0.15, 0.2) is 24.3 Å². The van der Waals surface area contributed by atoms with Gasteiger partial charge in [0.05, 0.1) is 11.0 Å². The molecule has 0 saturated heterocycles. The van der Waals surface area contributed by atoms with Crippen LogP contribution in [0.25, 0.3) is 11.0 Å². The summed E-state index contributed by atoms with van der Waals surface area (Å²) in [7, 11) is 0. The maximum absolute atomic E-state index is 5.97. The van der Waals surface area contributed by atoms with Gasteiger partial charge in [0.2, 0.25) is 5.95 Å². The summed E-state index contributed by atoms with van der Waals surface area (Å²) in [5.74, 6) is 0.600. The van der Waals surface area contributed by atoms with E-state index in [-0.39, 0.29) is 5.54 Å². The maximum Gasteiger partial charge on any atom is 0.201 e. The average molecular weight is 203 g/mol. The zero-order valence-electron chi connectivity index (χ0n) is 9.49. The summed E-state index contributed by atoms with van der Waals surface area (Å²) in [6.45, 7) is 6.52. The van der Waals surface area contributed by atoms with Crippen molar-refractivity contribution in [3.63, 3.8) is 0 Å². The smallest absolute Gasteiger partial charge is 0.201 e. The summed E-state index contributed by atoms with van der Waals surface area (Å²) < 4.78 is 2.11. The van der Waals surface area contributed by atoms with Crippen molar-refractivity contribution in [3.05, 3.63) is 24.3 Å². The van der Waals surface area contributed by atoms with Gasteiger partial charge in [0, 0.05) is 5.54 Å². The Labute approximate surface area is 89.9 Å². The van der Waals surface area contributed by atoms with Gasteiger partial charge >= 0.3 is 0 Å². The number of benzene rings is 1. The van der Waals surface area contributed by atoms with E-state index in [1.165, 1.54) is 0 Å². The van der Waals surface area contributed by atoms with Crippen LogP contribution in [-0.2, 0) is 5.54 Å². The number of imidazole rings is 1. The van der Waals surface area contributed by atoms with E-state index >= 15 is 0 Å². The molecular weight excluding hydrogens is 186 g/mol. The predicted octanol–water partition coefficient (Wildman–Crippen LogP) is 2.76. The minimum atomic E-state index is 0.0141. The van der Waals surface area contributed by atoms with Crippen LogP contribution >= 0.6 is 0 Å². The molecule has 3 nitrogen and oxygen atoms in total. The van der Waals surface area contributed by atoms with Crippen LogP contribution in [0.1, 0.15) is 27.2 Å². The molecule has 0 bridgehead atoms. The maximum atomic E-state index is 5.97. The number of anilines is 1. The molecule has 2 N–H and O–H groups in total. The zero-order valence-corrected chi connectivity index (χ0v) is 9.49. The molecule has 0 aliphatic rings. The van der Waals surface area contributed by atoms with Gasteiger partial charge in [-0.05, 0) is 32.4 Å². The molecule has 1 aromatic carbocycles. The first-order valence-electron chi connectivity index (χ1n) is 5.29. The fraction of sp³-hybridized carbons (Fsp3) is 0.417. The number of hydrogen-bond donors (Lipinski definition) is 1. The van der Waals surface area contributed by atoms with Gasteiger partial charge in [0.15, 0.2) is 0 Å². The van der Waals surface area contributed by atoms with E-state index in [1.807, 2.05) is 18.2 Å². The van der Waals surface area contributed by atoms with E-state index in [0.717, 1.165) is 17.5 Å². The highest BCUT2D eigenvalue weighted by molar-refractivity contribution is 5.78. The van der Waals surface area contributed by atoms with E-state index in [4.69, 9.17) is 5.73 Å². The summed E-state index contributed by atoms with van der Waals surface area (Å²) in [6.07, 6.45) is 1.03. The highest BCUT2D eigenvalue weighted by atomic mass is 15.2. The van der Waals surface area contributed by atoms with E-state index in [1.54, 1.807) is 0 Å². The summed E-state index contributed by atoms with van der Waals surface area (Å²) in [6, 6.07) is 8.06. The number of nitrogens with zero attached hydrogens (tertiary/aromatic N) is 2. The molecule has 1 heterocycles. The third kappa shape index (κ3) is 1.48. The molecule has 0 aliphatic carbocycles. The number of fused-ring (bicyclic) bond motifs is 1. The van der Waals surface area contributed by atoms with Gasteiger partial charge in [-0.1, -0.05) is 19.1 Å². The van der Waals surface area contributed by atoms with Gasteiger partial charge in [-0.3, -0.25) is 0 Å². The molecule has 2 aromatic rings. The molecule has 2 rings (SSSR count). The first kappa shape index (κ1) is 10.0. The lowest BCUT2D eigenvalue weighted by molar-refractivity contribution is 0.357. The molecule has 0 atom stereocenters. The van der Waals surface area contributed by atoms with Crippen molar-refractivity contribution in [2.24, 2.45) is 0 Å². The zero-order chi connectivity index (χ0) is 11.1. The van der Waals surface area contributed by atoms with Gasteiger partial charge in [0.1, 0.15) is 0 Å². The summed E-state index contributed by atoms with van der Waals surface area (Å²) in [5, 5.41) is 0. The van der Waals surface area contributed by atoms with Crippen LogP contribution in [0.2, 0.25) is 0 Å². The molecule has 0 spiro atoms. The molecule has 0 amide bonds. The highest BCUT2D eigenvalue weighted by Gasteiger charge is 2.22. The fourth-order valence-electron chi connectivity index (χ4n) is 1.84. The summed E-state index contributed by atoms with van der Waals surface area (Å²) in [4.78, 5) is 4.37. The van der Waals surface area contributed by atoms with Gasteiger partial charge in [-0.2, -0.15) is 0 Å². The van der Waals surface area contributed by atoms with Crippen molar-refractivity contribution in [1.29, 1.82) is 0 Å². The number of hydrogen-bond acceptors (Lipinski definition) is 2. The Morgan fingerprint density at radius 1 is 1.33 bits per heavy atom. The Hall–Kier alpha value is -1.51. The SMILES string of the molecule is CCC(C)(C)n1c(N)nc2ccccc21. The largest absolute Gasteiger partial charge is 0.369 e. The minimum Gasteiger partial charge on any atom is -0.369 e. The number of nitrogen functional groups attached to an aromatic ring is 1. The Balaban J connectivity index is 2.74. The molecule has 0 saturated carbocycles. The topological polar surface area (TPSA) is 43.8 Å². The predicted molar refractivity (Wildman–Crippen MR) is 63.8 cm³/mol. The van der Waals surface area contributed by atoms with Crippen molar-refractivity contribution in [3.8, 4) is 0 Å². The normalized spacial score (nSPS) is 12.2. The molecule has 15 heavy (non-hydrogen) atoms. The Morgan fingerprint density at radius 3 is 2.67 bits per heavy atom. The second kappa shape index (κ2) is 3.26. The van der Waals surface area contributed by atoms with Crippen molar-refractivity contribution in [2.45, 2.75) is 32.7 Å². The molecule has 0 unspecified atom stereocenters. The van der Waals surface area contributed by atoms with Crippen LogP contribution in [0, 0.1) is 0 Å². The lowest BCUT2D eigenvalue weighted by atomic mass is 10.0. The lowest BCUT2D eigenvalue weighted by Crippen LogP contribution is -2.26. The second-order valence-corrected chi connectivity index (χ2v) is 4.46. The number of aromatic nitrogens is 2. The van der Waals surface area contributed by atoms with E-state index in [9.17, 15) is 0 Å². The number of rotatable bonds is 2. The van der Waals surface area contributed by atoms with Crippen molar-refractivity contribution in [1.82, 2.24) is 9.55 Å². The average Bonchev–Trinajstić information content (AvgIpc) is 2.54. The van der Waals surface area contributed by atoms with E-state index in [2.05, 4.69) is 36.4 Å². The van der Waals surface area contributed by atoms with E-state index in [0.29, 0.717) is 5.95 Å². The van der Waals surface area contributed by atoms with Crippen LogP contribution in [0.3, 0.4) is 0 Å². The molecule has 0 radical (unpaired) electrons. The molecule has 3 heteroatoms. The molecule has 0 fully saturated rings.